The van der Waals surface area contributed by atoms with Crippen molar-refractivity contribution in [3.63, 3.8) is 0 Å². The van der Waals surface area contributed by atoms with E-state index in [1.165, 1.54) is 23.6 Å². The number of carboxylic acid groups (broad SMARTS) is 1. The molecule has 19 heavy (non-hydrogen) atoms. The van der Waals surface area contributed by atoms with Crippen molar-refractivity contribution in [2.24, 2.45) is 0 Å². The van der Waals surface area contributed by atoms with Gasteiger partial charge in [-0.05, 0) is 6.08 Å². The largest absolute Gasteiger partial charge is 0.478 e. The maximum atomic E-state index is 11.8. The first kappa shape index (κ1) is 13.7. The predicted octanol–water partition coefficient (Wildman–Crippen LogP) is 0.595. The van der Waals surface area contributed by atoms with Crippen molar-refractivity contribution in [1.29, 1.82) is 0 Å². The van der Waals surface area contributed by atoms with E-state index in [9.17, 15) is 9.59 Å². The van der Waals surface area contributed by atoms with Crippen LogP contribution in [0.5, 0.6) is 0 Å². The maximum Gasteiger partial charge on any atom is 0.328 e. The van der Waals surface area contributed by atoms with Gasteiger partial charge in [0.05, 0.1) is 19.8 Å². The number of aliphatic carboxylic acids is 1. The van der Waals surface area contributed by atoms with Gasteiger partial charge in [-0.25, -0.2) is 9.78 Å². The highest BCUT2D eigenvalue weighted by Gasteiger charge is 2.23. The molecule has 0 bridgehead atoms. The highest BCUT2D eigenvalue weighted by molar-refractivity contribution is 7.16. The monoisotopic (exact) mass is 284 g/mol. The van der Waals surface area contributed by atoms with E-state index in [4.69, 9.17) is 14.6 Å². The van der Waals surface area contributed by atoms with E-state index in [1.807, 2.05) is 0 Å². The molecule has 0 saturated carbocycles. The number of carbonyl (C=O) groups excluding carboxylic acids is 1. The Morgan fingerprint density at radius 1 is 1.53 bits per heavy atom. The van der Waals surface area contributed by atoms with Gasteiger partial charge in [-0.2, -0.15) is 0 Å². The summed E-state index contributed by atoms with van der Waals surface area (Å²) in [5, 5.41) is 11.5. The van der Waals surface area contributed by atoms with Gasteiger partial charge in [0.15, 0.2) is 11.2 Å². The highest BCUT2D eigenvalue weighted by Crippen LogP contribution is 2.19. The topological polar surface area (TPSA) is 97.8 Å². The third-order valence-electron chi connectivity index (χ3n) is 2.25. The number of carbonyl (C=O) groups is 2. The molecule has 1 aliphatic heterocycles. The van der Waals surface area contributed by atoms with Crippen LogP contribution in [-0.4, -0.2) is 47.9 Å². The second-order valence-corrected chi connectivity index (χ2v) is 4.73. The van der Waals surface area contributed by atoms with E-state index in [1.54, 1.807) is 0 Å². The van der Waals surface area contributed by atoms with Gasteiger partial charge in [-0.3, -0.25) is 10.1 Å². The summed E-state index contributed by atoms with van der Waals surface area (Å²) in [6, 6.07) is 0. The molecule has 1 aromatic heterocycles. The minimum absolute atomic E-state index is 0.225. The van der Waals surface area contributed by atoms with Crippen molar-refractivity contribution in [2.45, 2.75) is 6.10 Å². The molecule has 1 aromatic rings. The van der Waals surface area contributed by atoms with Gasteiger partial charge >= 0.3 is 5.97 Å². The molecule has 1 saturated heterocycles. The molecular formula is C11H12N2O5S. The van der Waals surface area contributed by atoms with Gasteiger partial charge in [-0.1, -0.05) is 11.3 Å². The Morgan fingerprint density at radius 2 is 2.37 bits per heavy atom. The number of carboxylic acids is 1. The molecule has 102 valence electrons. The van der Waals surface area contributed by atoms with Crippen molar-refractivity contribution in [1.82, 2.24) is 4.98 Å². The molecule has 1 aliphatic rings. The fourth-order valence-corrected chi connectivity index (χ4v) is 2.12. The lowest BCUT2D eigenvalue weighted by Gasteiger charge is -2.21. The summed E-state index contributed by atoms with van der Waals surface area (Å²) in [6.07, 6.45) is 3.28. The molecule has 1 atom stereocenters. The fraction of sp³-hybridized carbons (Fsp3) is 0.364. The van der Waals surface area contributed by atoms with Crippen LogP contribution in [0.15, 0.2) is 12.3 Å². The van der Waals surface area contributed by atoms with Gasteiger partial charge in [-0.15, -0.1) is 0 Å². The fourth-order valence-electron chi connectivity index (χ4n) is 1.40. The summed E-state index contributed by atoms with van der Waals surface area (Å²) in [4.78, 5) is 26.8. The minimum Gasteiger partial charge on any atom is -0.478 e. The molecule has 1 amide bonds. The standard InChI is InChI=1S/C11H12N2O5S/c14-9(15)2-1-7-5-12-11(19-7)13-10(16)8-6-17-3-4-18-8/h1-2,5,8H,3-4,6H2,(H,14,15)(H,12,13,16)/b2-1+. The number of ether oxygens (including phenoxy) is 2. The quantitative estimate of drug-likeness (QED) is 0.785. The molecule has 2 N–H and O–H groups in total. The number of hydrogen-bond acceptors (Lipinski definition) is 6. The summed E-state index contributed by atoms with van der Waals surface area (Å²) < 4.78 is 10.4. The Balaban J connectivity index is 1.92. The van der Waals surface area contributed by atoms with Gasteiger partial charge in [0.25, 0.3) is 5.91 Å². The Kier molecular flexibility index (Phi) is 4.61. The normalized spacial score (nSPS) is 19.5. The van der Waals surface area contributed by atoms with Crippen LogP contribution in [-0.2, 0) is 19.1 Å². The Labute approximate surface area is 112 Å². The lowest BCUT2D eigenvalue weighted by Crippen LogP contribution is -2.39. The predicted molar refractivity (Wildman–Crippen MR) is 68.0 cm³/mol. The summed E-state index contributed by atoms with van der Waals surface area (Å²) in [5.41, 5.74) is 0. The number of nitrogens with zero attached hydrogens (tertiary/aromatic N) is 1. The zero-order chi connectivity index (χ0) is 13.7. The minimum atomic E-state index is -1.04. The molecule has 0 spiro atoms. The number of aromatic nitrogens is 1. The summed E-state index contributed by atoms with van der Waals surface area (Å²) >= 11 is 1.18. The second kappa shape index (κ2) is 6.41. The van der Waals surface area contributed by atoms with Crippen LogP contribution in [0.4, 0.5) is 5.13 Å². The van der Waals surface area contributed by atoms with Crippen LogP contribution in [0.1, 0.15) is 4.88 Å². The third-order valence-corrected chi connectivity index (χ3v) is 3.13. The van der Waals surface area contributed by atoms with Gasteiger partial charge in [0, 0.05) is 17.2 Å². The number of anilines is 1. The van der Waals surface area contributed by atoms with E-state index in [2.05, 4.69) is 10.3 Å². The highest BCUT2D eigenvalue weighted by atomic mass is 32.1. The van der Waals surface area contributed by atoms with Crippen molar-refractivity contribution in [3.05, 3.63) is 17.2 Å². The van der Waals surface area contributed by atoms with Crippen LogP contribution < -0.4 is 5.32 Å². The third kappa shape index (κ3) is 4.12. The molecule has 2 heterocycles. The van der Waals surface area contributed by atoms with E-state index >= 15 is 0 Å². The van der Waals surface area contributed by atoms with Crippen LogP contribution in [0, 0.1) is 0 Å². The molecule has 0 radical (unpaired) electrons. The lowest BCUT2D eigenvalue weighted by atomic mass is 10.3. The Morgan fingerprint density at radius 3 is 3.05 bits per heavy atom. The van der Waals surface area contributed by atoms with Crippen LogP contribution in [0.2, 0.25) is 0 Å². The number of thiazole rings is 1. The maximum absolute atomic E-state index is 11.8. The first-order valence-corrected chi connectivity index (χ1v) is 6.34. The molecular weight excluding hydrogens is 272 g/mol. The van der Waals surface area contributed by atoms with E-state index in [0.29, 0.717) is 23.2 Å². The van der Waals surface area contributed by atoms with Crippen molar-refractivity contribution < 1.29 is 24.2 Å². The first-order valence-electron chi connectivity index (χ1n) is 5.52. The molecule has 1 fully saturated rings. The number of nitrogens with one attached hydrogen (secondary N) is 1. The number of amides is 1. The average Bonchev–Trinajstić information content (AvgIpc) is 2.85. The van der Waals surface area contributed by atoms with Crippen molar-refractivity contribution in [3.8, 4) is 0 Å². The van der Waals surface area contributed by atoms with Gasteiger partial charge < -0.3 is 14.6 Å². The van der Waals surface area contributed by atoms with E-state index in [-0.39, 0.29) is 12.5 Å². The molecule has 0 aromatic carbocycles. The molecule has 7 nitrogen and oxygen atoms in total. The van der Waals surface area contributed by atoms with Gasteiger partial charge in [0.1, 0.15) is 0 Å². The lowest BCUT2D eigenvalue weighted by molar-refractivity contribution is -0.142. The summed E-state index contributed by atoms with van der Waals surface area (Å²) in [7, 11) is 0. The van der Waals surface area contributed by atoms with Crippen LogP contribution >= 0.6 is 11.3 Å². The Hall–Kier alpha value is -1.77. The smallest absolute Gasteiger partial charge is 0.328 e. The number of hydrogen-bond donors (Lipinski definition) is 2. The first-order chi connectivity index (χ1) is 9.15. The van der Waals surface area contributed by atoms with Crippen molar-refractivity contribution >= 4 is 34.4 Å². The Bertz CT molecular complexity index is 493. The second-order valence-electron chi connectivity index (χ2n) is 3.66. The summed E-state index contributed by atoms with van der Waals surface area (Å²) in [5.74, 6) is -1.35. The average molecular weight is 284 g/mol. The van der Waals surface area contributed by atoms with Gasteiger partial charge in [0.2, 0.25) is 0 Å². The van der Waals surface area contributed by atoms with Crippen LogP contribution in [0.3, 0.4) is 0 Å². The van der Waals surface area contributed by atoms with Crippen LogP contribution in [0.25, 0.3) is 6.08 Å². The molecule has 1 unspecified atom stereocenters. The van der Waals surface area contributed by atoms with E-state index in [0.717, 1.165) is 6.08 Å². The van der Waals surface area contributed by atoms with Crippen molar-refractivity contribution in [2.75, 3.05) is 25.1 Å². The molecule has 0 aliphatic carbocycles. The summed E-state index contributed by atoms with van der Waals surface area (Å²) in [6.45, 7) is 1.11. The SMILES string of the molecule is O=C(O)/C=C/c1cnc(NC(=O)C2COCCO2)s1. The zero-order valence-corrected chi connectivity index (χ0v) is 10.7. The van der Waals surface area contributed by atoms with E-state index < -0.39 is 12.1 Å². The number of rotatable bonds is 4. The molecule has 2 rings (SSSR count). The zero-order valence-electron chi connectivity index (χ0n) is 9.87. The molecule has 8 heteroatoms.